The Balaban J connectivity index is 1.52. The molecule has 0 bridgehead atoms. The van der Waals surface area contributed by atoms with Gasteiger partial charge in [0.1, 0.15) is 0 Å². The minimum atomic E-state index is 0.712. The van der Waals surface area contributed by atoms with Crippen molar-refractivity contribution in [1.29, 1.82) is 0 Å². The average Bonchev–Trinajstić information content (AvgIpc) is 2.95. The number of thiophene rings is 2. The maximum atomic E-state index is 5.85. The maximum Gasteiger partial charge on any atom is 0.0931 e. The molecule has 17 heavy (non-hydrogen) atoms. The first-order valence-electron chi connectivity index (χ1n) is 5.39. The monoisotopic (exact) mass is 287 g/mol. The van der Waals surface area contributed by atoms with Crippen LogP contribution in [-0.4, -0.2) is 13.2 Å². The van der Waals surface area contributed by atoms with Crippen LogP contribution in [0, 0.1) is 0 Å². The Labute approximate surface area is 114 Å². The maximum absolute atomic E-state index is 5.85. The van der Waals surface area contributed by atoms with Gasteiger partial charge in [-0.15, -0.1) is 22.7 Å². The highest BCUT2D eigenvalue weighted by Crippen LogP contribution is 2.20. The van der Waals surface area contributed by atoms with Gasteiger partial charge in [0.25, 0.3) is 0 Å². The fourth-order valence-electron chi connectivity index (χ4n) is 1.37. The molecule has 2 aromatic rings. The van der Waals surface area contributed by atoms with Crippen LogP contribution in [0.15, 0.2) is 29.6 Å². The van der Waals surface area contributed by atoms with E-state index in [9.17, 15) is 0 Å². The molecule has 2 heterocycles. The van der Waals surface area contributed by atoms with Crippen LogP contribution in [0.2, 0.25) is 4.34 Å². The van der Waals surface area contributed by atoms with Crippen molar-refractivity contribution in [2.24, 2.45) is 0 Å². The zero-order valence-electron chi connectivity index (χ0n) is 9.32. The van der Waals surface area contributed by atoms with Crippen molar-refractivity contribution in [2.75, 3.05) is 13.2 Å². The van der Waals surface area contributed by atoms with Gasteiger partial charge in [-0.25, -0.2) is 0 Å². The Hall–Kier alpha value is -0.390. The van der Waals surface area contributed by atoms with Gasteiger partial charge in [0.15, 0.2) is 0 Å². The average molecular weight is 288 g/mol. The van der Waals surface area contributed by atoms with Gasteiger partial charge in [-0.1, -0.05) is 17.7 Å². The second-order valence-corrected chi connectivity index (χ2v) is 6.35. The molecule has 2 aromatic heterocycles. The summed E-state index contributed by atoms with van der Waals surface area (Å²) in [4.78, 5) is 2.53. The number of hydrogen-bond donors (Lipinski definition) is 1. The molecule has 2 nitrogen and oxygen atoms in total. The lowest BCUT2D eigenvalue weighted by Crippen LogP contribution is -2.18. The van der Waals surface area contributed by atoms with Crippen LogP contribution in [0.5, 0.6) is 0 Å². The predicted molar refractivity (Wildman–Crippen MR) is 75.0 cm³/mol. The van der Waals surface area contributed by atoms with Crippen molar-refractivity contribution < 1.29 is 4.74 Å². The lowest BCUT2D eigenvalue weighted by molar-refractivity contribution is 0.124. The highest BCUT2D eigenvalue weighted by Gasteiger charge is 1.97. The van der Waals surface area contributed by atoms with E-state index in [0.29, 0.717) is 6.61 Å². The molecule has 0 atom stereocenters. The van der Waals surface area contributed by atoms with Crippen LogP contribution < -0.4 is 5.32 Å². The van der Waals surface area contributed by atoms with E-state index >= 15 is 0 Å². The minimum Gasteiger partial charge on any atom is -0.375 e. The van der Waals surface area contributed by atoms with Gasteiger partial charge in [-0.3, -0.25) is 0 Å². The molecule has 0 amide bonds. The van der Waals surface area contributed by atoms with Crippen LogP contribution in [0.4, 0.5) is 0 Å². The van der Waals surface area contributed by atoms with Gasteiger partial charge in [0.05, 0.1) is 17.6 Å². The lowest BCUT2D eigenvalue weighted by atomic mass is 10.4. The molecular weight excluding hydrogens is 274 g/mol. The second-order valence-electron chi connectivity index (χ2n) is 3.51. The van der Waals surface area contributed by atoms with Crippen LogP contribution >= 0.6 is 34.3 Å². The summed E-state index contributed by atoms with van der Waals surface area (Å²) in [5, 5.41) is 5.39. The number of hydrogen-bond acceptors (Lipinski definition) is 4. The van der Waals surface area contributed by atoms with E-state index in [-0.39, 0.29) is 0 Å². The van der Waals surface area contributed by atoms with Gasteiger partial charge in [-0.2, -0.15) is 0 Å². The van der Waals surface area contributed by atoms with E-state index in [1.807, 2.05) is 18.2 Å². The van der Waals surface area contributed by atoms with Crippen LogP contribution in [0.3, 0.4) is 0 Å². The summed E-state index contributed by atoms with van der Waals surface area (Å²) < 4.78 is 6.39. The van der Waals surface area contributed by atoms with Gasteiger partial charge < -0.3 is 10.1 Å². The third-order valence-corrected chi connectivity index (χ3v) is 4.26. The van der Waals surface area contributed by atoms with Crippen molar-refractivity contribution in [3.63, 3.8) is 0 Å². The molecule has 0 radical (unpaired) electrons. The standard InChI is InChI=1S/C12H14ClNOS2/c13-12-4-3-10(17-12)8-14-5-6-15-9-11-2-1-7-16-11/h1-4,7,14H,5-6,8-9H2. The highest BCUT2D eigenvalue weighted by atomic mass is 35.5. The van der Waals surface area contributed by atoms with E-state index in [1.54, 1.807) is 22.7 Å². The molecule has 0 aliphatic carbocycles. The number of nitrogens with one attached hydrogen (secondary N) is 1. The minimum absolute atomic E-state index is 0.712. The number of rotatable bonds is 7. The van der Waals surface area contributed by atoms with Gasteiger partial charge in [-0.05, 0) is 23.6 Å². The van der Waals surface area contributed by atoms with E-state index < -0.39 is 0 Å². The summed E-state index contributed by atoms with van der Waals surface area (Å²) in [5.41, 5.74) is 0. The van der Waals surface area contributed by atoms with E-state index in [2.05, 4.69) is 16.8 Å². The summed E-state index contributed by atoms with van der Waals surface area (Å²) >= 11 is 9.19. The van der Waals surface area contributed by atoms with E-state index in [0.717, 1.165) is 24.0 Å². The molecule has 0 saturated carbocycles. The SMILES string of the molecule is Clc1ccc(CNCCOCc2cccs2)s1. The largest absolute Gasteiger partial charge is 0.375 e. The smallest absolute Gasteiger partial charge is 0.0931 e. The normalized spacial score (nSPS) is 10.9. The Morgan fingerprint density at radius 3 is 2.88 bits per heavy atom. The summed E-state index contributed by atoms with van der Waals surface area (Å²) in [6.07, 6.45) is 0. The van der Waals surface area contributed by atoms with Crippen molar-refractivity contribution in [3.05, 3.63) is 43.7 Å². The Morgan fingerprint density at radius 2 is 2.18 bits per heavy atom. The molecule has 0 spiro atoms. The van der Waals surface area contributed by atoms with Crippen LogP contribution in [0.1, 0.15) is 9.75 Å². The molecule has 0 saturated heterocycles. The Morgan fingerprint density at radius 1 is 1.24 bits per heavy atom. The summed E-state index contributed by atoms with van der Waals surface area (Å²) in [7, 11) is 0. The molecular formula is C12H14ClNOS2. The number of halogens is 1. The van der Waals surface area contributed by atoms with Crippen LogP contribution in [0.25, 0.3) is 0 Å². The molecule has 0 fully saturated rings. The van der Waals surface area contributed by atoms with Crippen LogP contribution in [-0.2, 0) is 17.9 Å². The lowest BCUT2D eigenvalue weighted by Gasteiger charge is -2.04. The van der Waals surface area contributed by atoms with E-state index in [4.69, 9.17) is 16.3 Å². The molecule has 2 rings (SSSR count). The molecule has 1 N–H and O–H groups in total. The Bertz CT molecular complexity index is 427. The Kier molecular flexibility index (Phi) is 5.48. The first kappa shape index (κ1) is 13.1. The summed E-state index contributed by atoms with van der Waals surface area (Å²) in [6.45, 7) is 3.17. The van der Waals surface area contributed by atoms with Crippen molar-refractivity contribution in [2.45, 2.75) is 13.2 Å². The number of ether oxygens (including phenoxy) is 1. The summed E-state index contributed by atoms with van der Waals surface area (Å²) in [6, 6.07) is 8.11. The third-order valence-electron chi connectivity index (χ3n) is 2.18. The van der Waals surface area contributed by atoms with Crippen molar-refractivity contribution >= 4 is 34.3 Å². The van der Waals surface area contributed by atoms with Crippen molar-refractivity contribution in [1.82, 2.24) is 5.32 Å². The quantitative estimate of drug-likeness (QED) is 0.783. The van der Waals surface area contributed by atoms with Gasteiger partial charge in [0, 0.05) is 22.8 Å². The zero-order valence-corrected chi connectivity index (χ0v) is 11.7. The van der Waals surface area contributed by atoms with Crippen molar-refractivity contribution in [3.8, 4) is 0 Å². The molecule has 0 unspecified atom stereocenters. The summed E-state index contributed by atoms with van der Waals surface area (Å²) in [5.74, 6) is 0. The second kappa shape index (κ2) is 7.13. The predicted octanol–water partition coefficient (Wildman–Crippen LogP) is 3.77. The first-order chi connectivity index (χ1) is 8.34. The topological polar surface area (TPSA) is 21.3 Å². The first-order valence-corrected chi connectivity index (χ1v) is 7.47. The van der Waals surface area contributed by atoms with Gasteiger partial charge >= 0.3 is 0 Å². The van der Waals surface area contributed by atoms with E-state index in [1.165, 1.54) is 9.75 Å². The zero-order chi connectivity index (χ0) is 11.9. The molecule has 0 aromatic carbocycles. The fourth-order valence-corrected chi connectivity index (χ4v) is 3.07. The third kappa shape index (κ3) is 4.77. The molecule has 92 valence electrons. The van der Waals surface area contributed by atoms with Gasteiger partial charge in [0.2, 0.25) is 0 Å². The molecule has 0 aliphatic heterocycles. The fraction of sp³-hybridized carbons (Fsp3) is 0.333. The highest BCUT2D eigenvalue weighted by molar-refractivity contribution is 7.16. The molecule has 5 heteroatoms. The molecule has 0 aliphatic rings.